The van der Waals surface area contributed by atoms with Crippen molar-refractivity contribution in [1.29, 1.82) is 0 Å². The van der Waals surface area contributed by atoms with Gasteiger partial charge in [0.25, 0.3) is 0 Å². The molecule has 8 nitrogen and oxygen atoms in total. The van der Waals surface area contributed by atoms with E-state index in [0.29, 0.717) is 12.0 Å². The lowest BCUT2D eigenvalue weighted by molar-refractivity contribution is 0.0230. The number of aliphatic imine (C=N–C) groups is 1. The molecule has 2 rings (SSSR count). The molecule has 9 heteroatoms. The zero-order valence-electron chi connectivity index (χ0n) is 19.5. The number of aromatic nitrogens is 2. The van der Waals surface area contributed by atoms with Crippen molar-refractivity contribution in [3.63, 3.8) is 0 Å². The Morgan fingerprint density at radius 2 is 2.13 bits per heavy atom. The third-order valence-corrected chi connectivity index (χ3v) is 5.53. The van der Waals surface area contributed by atoms with Crippen LogP contribution in [0.25, 0.3) is 0 Å². The zero-order valence-corrected chi connectivity index (χ0v) is 21.8. The van der Waals surface area contributed by atoms with E-state index >= 15 is 0 Å². The van der Waals surface area contributed by atoms with Gasteiger partial charge in [-0.25, -0.2) is 9.78 Å². The van der Waals surface area contributed by atoms with Gasteiger partial charge in [0, 0.05) is 52.2 Å². The highest BCUT2D eigenvalue weighted by atomic mass is 127. The smallest absolute Gasteiger partial charge is 0.410 e. The largest absolute Gasteiger partial charge is 0.444 e. The quantitative estimate of drug-likeness (QED) is 0.355. The second-order valence-corrected chi connectivity index (χ2v) is 8.99. The van der Waals surface area contributed by atoms with E-state index in [1.54, 1.807) is 11.9 Å². The fourth-order valence-electron chi connectivity index (χ4n) is 3.53. The number of imidazole rings is 1. The van der Waals surface area contributed by atoms with Gasteiger partial charge in [-0.15, -0.1) is 24.0 Å². The van der Waals surface area contributed by atoms with Gasteiger partial charge in [-0.2, -0.15) is 0 Å². The molecule has 0 aliphatic carbocycles. The predicted molar refractivity (Wildman–Crippen MR) is 131 cm³/mol. The summed E-state index contributed by atoms with van der Waals surface area (Å²) >= 11 is 0. The Kier molecular flexibility index (Phi) is 10.4. The van der Waals surface area contributed by atoms with Crippen LogP contribution in [0.15, 0.2) is 23.7 Å². The normalized spacial score (nSPS) is 20.9. The van der Waals surface area contributed by atoms with Crippen LogP contribution in [0.5, 0.6) is 0 Å². The topological polar surface area (TPSA) is 75.0 Å². The monoisotopic (exact) mass is 534 g/mol. The summed E-state index contributed by atoms with van der Waals surface area (Å²) in [5, 5.41) is 3.47. The summed E-state index contributed by atoms with van der Waals surface area (Å²) in [5.74, 6) is 1.51. The van der Waals surface area contributed by atoms with Crippen molar-refractivity contribution in [2.45, 2.75) is 65.1 Å². The molecule has 1 aromatic heterocycles. The van der Waals surface area contributed by atoms with Gasteiger partial charge < -0.3 is 24.4 Å². The van der Waals surface area contributed by atoms with Crippen molar-refractivity contribution in [2.75, 3.05) is 33.7 Å². The number of piperidine rings is 1. The van der Waals surface area contributed by atoms with Crippen molar-refractivity contribution in [2.24, 2.45) is 10.9 Å². The van der Waals surface area contributed by atoms with E-state index in [4.69, 9.17) is 4.74 Å². The number of carbonyl (C=O) groups excluding carboxylic acids is 1. The molecule has 3 atom stereocenters. The van der Waals surface area contributed by atoms with Crippen LogP contribution in [0.2, 0.25) is 0 Å². The molecule has 1 fully saturated rings. The molecule has 1 N–H and O–H groups in total. The molecule has 1 aromatic rings. The first-order valence-electron chi connectivity index (χ1n) is 10.5. The zero-order chi connectivity index (χ0) is 21.6. The molecule has 172 valence electrons. The van der Waals surface area contributed by atoms with Gasteiger partial charge in [0.05, 0.1) is 12.4 Å². The first-order valence-corrected chi connectivity index (χ1v) is 10.5. The lowest BCUT2D eigenvalue weighted by atomic mass is 9.93. The average Bonchev–Trinajstić information content (AvgIpc) is 3.18. The van der Waals surface area contributed by atoms with E-state index in [9.17, 15) is 4.79 Å². The van der Waals surface area contributed by atoms with Gasteiger partial charge in [-0.05, 0) is 46.5 Å². The SMILES string of the molecule is CN=C(NCCC(C)N(C)C(=O)OC(C)(C)C)N1CCC(C)C(n2ccnc2)C1.I. The number of guanidine groups is 1. The maximum Gasteiger partial charge on any atom is 0.410 e. The van der Waals surface area contributed by atoms with Crippen molar-refractivity contribution >= 4 is 36.0 Å². The molecule has 30 heavy (non-hydrogen) atoms. The van der Waals surface area contributed by atoms with Gasteiger partial charge in [0.15, 0.2) is 5.96 Å². The van der Waals surface area contributed by atoms with Gasteiger partial charge >= 0.3 is 6.09 Å². The molecule has 1 saturated heterocycles. The molecular weight excluding hydrogens is 495 g/mol. The Hall–Kier alpha value is -1.52. The van der Waals surface area contributed by atoms with Crippen LogP contribution in [-0.2, 0) is 4.74 Å². The third-order valence-electron chi connectivity index (χ3n) is 5.53. The summed E-state index contributed by atoms with van der Waals surface area (Å²) in [4.78, 5) is 24.9. The van der Waals surface area contributed by atoms with Gasteiger partial charge in [0.2, 0.25) is 0 Å². The molecule has 0 bridgehead atoms. The highest BCUT2D eigenvalue weighted by Gasteiger charge is 2.29. The number of hydrogen-bond donors (Lipinski definition) is 1. The third kappa shape index (κ3) is 7.63. The van der Waals surface area contributed by atoms with E-state index in [-0.39, 0.29) is 36.1 Å². The maximum atomic E-state index is 12.2. The van der Waals surface area contributed by atoms with Crippen molar-refractivity contribution in [3.8, 4) is 0 Å². The summed E-state index contributed by atoms with van der Waals surface area (Å²) in [7, 11) is 3.61. The number of nitrogens with zero attached hydrogens (tertiary/aromatic N) is 5. The Labute approximate surface area is 198 Å². The molecule has 0 spiro atoms. The number of amides is 1. The second-order valence-electron chi connectivity index (χ2n) is 8.99. The Balaban J connectivity index is 0.00000450. The number of hydrogen-bond acceptors (Lipinski definition) is 4. The molecule has 0 aromatic carbocycles. The fraction of sp³-hybridized carbons (Fsp3) is 0.762. The van der Waals surface area contributed by atoms with Crippen LogP contribution in [0.1, 0.15) is 53.5 Å². The van der Waals surface area contributed by atoms with E-state index in [1.807, 2.05) is 53.5 Å². The average molecular weight is 534 g/mol. The number of ether oxygens (including phenoxy) is 1. The van der Waals surface area contributed by atoms with Crippen LogP contribution in [0.4, 0.5) is 4.79 Å². The Morgan fingerprint density at radius 3 is 2.70 bits per heavy atom. The maximum absolute atomic E-state index is 12.2. The number of carbonyl (C=O) groups is 1. The molecule has 3 unspecified atom stereocenters. The van der Waals surface area contributed by atoms with Crippen molar-refractivity contribution < 1.29 is 9.53 Å². The van der Waals surface area contributed by atoms with Crippen LogP contribution in [0.3, 0.4) is 0 Å². The summed E-state index contributed by atoms with van der Waals surface area (Å²) in [6.07, 6.45) is 7.40. The Bertz CT molecular complexity index is 674. The molecule has 1 aliphatic rings. The Morgan fingerprint density at radius 1 is 1.43 bits per heavy atom. The van der Waals surface area contributed by atoms with Crippen LogP contribution >= 0.6 is 24.0 Å². The van der Waals surface area contributed by atoms with Crippen molar-refractivity contribution in [3.05, 3.63) is 18.7 Å². The highest BCUT2D eigenvalue weighted by Crippen LogP contribution is 2.27. The molecule has 1 aliphatic heterocycles. The van der Waals surface area contributed by atoms with Crippen molar-refractivity contribution in [1.82, 2.24) is 24.7 Å². The fourth-order valence-corrected chi connectivity index (χ4v) is 3.53. The standard InChI is InChI=1S/C21H38N6O2.HI/c1-16-9-12-26(14-18(16)27-13-11-23-15-27)19(22-6)24-10-8-17(2)25(7)20(28)29-21(3,4)5;/h11,13,15-18H,8-10,12,14H2,1-7H3,(H,22,24);1H. The lowest BCUT2D eigenvalue weighted by Gasteiger charge is -2.39. The molecule has 0 saturated carbocycles. The van der Waals surface area contributed by atoms with E-state index in [0.717, 1.165) is 38.4 Å². The molecular formula is C21H39IN6O2. The molecule has 2 heterocycles. The molecule has 1 amide bonds. The lowest BCUT2D eigenvalue weighted by Crippen LogP contribution is -2.49. The van der Waals surface area contributed by atoms with Crippen LogP contribution in [0, 0.1) is 5.92 Å². The van der Waals surface area contributed by atoms with Gasteiger partial charge in [0.1, 0.15) is 5.60 Å². The predicted octanol–water partition coefficient (Wildman–Crippen LogP) is 3.60. The second kappa shape index (κ2) is 11.8. The van der Waals surface area contributed by atoms with Crippen LogP contribution < -0.4 is 5.32 Å². The highest BCUT2D eigenvalue weighted by molar-refractivity contribution is 14.0. The van der Waals surface area contributed by atoms with E-state index < -0.39 is 5.60 Å². The first-order chi connectivity index (χ1) is 13.6. The number of halogens is 1. The number of nitrogens with one attached hydrogen (secondary N) is 1. The van der Waals surface area contributed by atoms with Gasteiger partial charge in [-0.3, -0.25) is 4.99 Å². The number of likely N-dealkylation sites (tertiary alicyclic amines) is 1. The minimum absolute atomic E-state index is 0. The minimum atomic E-state index is -0.484. The first kappa shape index (κ1) is 26.5. The summed E-state index contributed by atoms with van der Waals surface area (Å²) in [5.41, 5.74) is -0.484. The summed E-state index contributed by atoms with van der Waals surface area (Å²) < 4.78 is 7.65. The minimum Gasteiger partial charge on any atom is -0.444 e. The number of rotatable bonds is 5. The summed E-state index contributed by atoms with van der Waals surface area (Å²) in [6.45, 7) is 12.6. The molecule has 0 radical (unpaired) electrons. The van der Waals surface area contributed by atoms with E-state index in [2.05, 4.69) is 31.7 Å². The van der Waals surface area contributed by atoms with E-state index in [1.165, 1.54) is 0 Å². The van der Waals surface area contributed by atoms with Crippen LogP contribution in [-0.4, -0.2) is 76.8 Å². The summed E-state index contributed by atoms with van der Waals surface area (Å²) in [6, 6.07) is 0.456. The van der Waals surface area contributed by atoms with Gasteiger partial charge in [-0.1, -0.05) is 6.92 Å².